The lowest BCUT2D eigenvalue weighted by molar-refractivity contribution is -0.141. The van der Waals surface area contributed by atoms with E-state index in [1.165, 1.54) is 12.0 Å². The second-order valence-electron chi connectivity index (χ2n) is 3.02. The summed E-state index contributed by atoms with van der Waals surface area (Å²) < 4.78 is 17.3. The van der Waals surface area contributed by atoms with Crippen molar-refractivity contribution in [2.24, 2.45) is 0 Å². The van der Waals surface area contributed by atoms with Crippen molar-refractivity contribution in [2.75, 3.05) is 13.7 Å². The second kappa shape index (κ2) is 4.08. The predicted octanol–water partition coefficient (Wildman–Crippen LogP) is 0.443. The first-order valence-corrected chi connectivity index (χ1v) is 4.04. The zero-order valence-electron chi connectivity index (χ0n) is 7.36. The van der Waals surface area contributed by atoms with Crippen LogP contribution in [0.1, 0.15) is 12.8 Å². The third-order valence-electron chi connectivity index (χ3n) is 2.12. The smallest absolute Gasteiger partial charge is 0.307 e. The number of halogens is 1. The number of hydrogen-bond donors (Lipinski definition) is 0. The van der Waals surface area contributed by atoms with Gasteiger partial charge in [-0.2, -0.15) is 5.26 Å². The largest absolute Gasteiger partial charge is 0.469 e. The number of nitrogens with zero attached hydrogens (tertiary/aromatic N) is 2. The van der Waals surface area contributed by atoms with E-state index in [1.54, 1.807) is 0 Å². The van der Waals surface area contributed by atoms with Crippen LogP contribution in [0.15, 0.2) is 0 Å². The van der Waals surface area contributed by atoms with Crippen LogP contribution in [0, 0.1) is 11.5 Å². The Balaban J connectivity index is 2.50. The van der Waals surface area contributed by atoms with Gasteiger partial charge < -0.3 is 9.64 Å². The van der Waals surface area contributed by atoms with Crippen molar-refractivity contribution in [2.45, 2.75) is 25.1 Å². The number of hydrogen-bond acceptors (Lipinski definition) is 4. The molecular formula is C8H11FN2O2. The van der Waals surface area contributed by atoms with Gasteiger partial charge in [-0.25, -0.2) is 4.39 Å². The lowest BCUT2D eigenvalue weighted by atomic mass is 10.1. The quantitative estimate of drug-likeness (QED) is 0.464. The van der Waals surface area contributed by atoms with Crippen LogP contribution in [0.2, 0.25) is 0 Å². The summed E-state index contributed by atoms with van der Waals surface area (Å²) in [6.45, 7) is 0.0954. The Morgan fingerprint density at radius 1 is 1.85 bits per heavy atom. The summed E-state index contributed by atoms with van der Waals surface area (Å²) in [4.78, 5) is 12.1. The van der Waals surface area contributed by atoms with Crippen LogP contribution >= 0.6 is 0 Å². The highest BCUT2D eigenvalue weighted by molar-refractivity contribution is 5.70. The lowest BCUT2D eigenvalue weighted by Crippen LogP contribution is -2.27. The first-order chi connectivity index (χ1) is 6.17. The molecule has 4 nitrogen and oxygen atoms in total. The molecule has 0 saturated carbocycles. The zero-order valence-corrected chi connectivity index (χ0v) is 7.36. The summed E-state index contributed by atoms with van der Waals surface area (Å²) in [6.07, 6.45) is 1.18. The van der Waals surface area contributed by atoms with E-state index < -0.39 is 12.1 Å². The van der Waals surface area contributed by atoms with Crippen molar-refractivity contribution < 1.29 is 13.9 Å². The minimum atomic E-state index is -1.01. The number of esters is 1. The van der Waals surface area contributed by atoms with Gasteiger partial charge in [0.25, 0.3) is 0 Å². The van der Waals surface area contributed by atoms with E-state index in [1.807, 2.05) is 6.19 Å². The van der Waals surface area contributed by atoms with E-state index in [-0.39, 0.29) is 25.4 Å². The van der Waals surface area contributed by atoms with E-state index in [2.05, 4.69) is 4.74 Å². The van der Waals surface area contributed by atoms with Gasteiger partial charge in [0.2, 0.25) is 0 Å². The van der Waals surface area contributed by atoms with Gasteiger partial charge in [0.05, 0.1) is 26.1 Å². The zero-order chi connectivity index (χ0) is 9.84. The maximum Gasteiger partial charge on any atom is 0.307 e. The van der Waals surface area contributed by atoms with Crippen LogP contribution in [0.3, 0.4) is 0 Å². The Hall–Kier alpha value is -1.31. The molecule has 1 rings (SSSR count). The summed E-state index contributed by atoms with van der Waals surface area (Å²) in [5.74, 6) is -0.403. The molecule has 1 aliphatic rings. The van der Waals surface area contributed by atoms with Crippen LogP contribution in [0.5, 0.6) is 0 Å². The molecule has 0 amide bonds. The first-order valence-electron chi connectivity index (χ1n) is 4.04. The molecule has 1 aliphatic heterocycles. The molecule has 5 heteroatoms. The number of alkyl halides is 1. The number of nitriles is 1. The van der Waals surface area contributed by atoms with Crippen molar-refractivity contribution in [1.29, 1.82) is 5.26 Å². The maximum atomic E-state index is 12.8. The third kappa shape index (κ3) is 2.31. The fourth-order valence-corrected chi connectivity index (χ4v) is 1.45. The van der Waals surface area contributed by atoms with Crippen LogP contribution in [-0.4, -0.2) is 36.7 Å². The average Bonchev–Trinajstić information content (AvgIpc) is 2.46. The van der Waals surface area contributed by atoms with Gasteiger partial charge in [-0.1, -0.05) is 0 Å². The number of carbonyl (C=O) groups is 1. The molecule has 0 aromatic carbocycles. The van der Waals surface area contributed by atoms with Gasteiger partial charge in [-0.3, -0.25) is 4.79 Å². The molecule has 0 aromatic rings. The molecule has 1 saturated heterocycles. The van der Waals surface area contributed by atoms with E-state index >= 15 is 0 Å². The third-order valence-corrected chi connectivity index (χ3v) is 2.12. The van der Waals surface area contributed by atoms with Gasteiger partial charge >= 0.3 is 5.97 Å². The molecule has 1 fully saturated rings. The highest BCUT2D eigenvalue weighted by Crippen LogP contribution is 2.21. The minimum absolute atomic E-state index is 0.0878. The van der Waals surface area contributed by atoms with Crippen molar-refractivity contribution in [3.05, 3.63) is 0 Å². The molecule has 0 bridgehead atoms. The predicted molar refractivity (Wildman–Crippen MR) is 42.3 cm³/mol. The SMILES string of the molecule is COC(=O)C[C@@H]1C[C@H](F)CN1C#N. The molecule has 0 aliphatic carbocycles. The Kier molecular flexibility index (Phi) is 3.07. The van der Waals surface area contributed by atoms with Gasteiger partial charge in [-0.15, -0.1) is 0 Å². The second-order valence-corrected chi connectivity index (χ2v) is 3.02. The summed E-state index contributed by atoms with van der Waals surface area (Å²) in [6, 6.07) is -0.326. The van der Waals surface area contributed by atoms with E-state index in [4.69, 9.17) is 5.26 Å². The maximum absolute atomic E-state index is 12.8. The fourth-order valence-electron chi connectivity index (χ4n) is 1.45. The van der Waals surface area contributed by atoms with Crippen molar-refractivity contribution in [3.63, 3.8) is 0 Å². The van der Waals surface area contributed by atoms with Gasteiger partial charge in [0.1, 0.15) is 6.17 Å². The minimum Gasteiger partial charge on any atom is -0.469 e. The number of carbonyl (C=O) groups excluding carboxylic acids is 1. The Morgan fingerprint density at radius 2 is 2.54 bits per heavy atom. The monoisotopic (exact) mass is 186 g/mol. The van der Waals surface area contributed by atoms with Crippen LogP contribution in [0.25, 0.3) is 0 Å². The molecule has 0 aromatic heterocycles. The van der Waals surface area contributed by atoms with Gasteiger partial charge in [0, 0.05) is 6.42 Å². The normalized spacial score (nSPS) is 27.0. The first kappa shape index (κ1) is 9.78. The summed E-state index contributed by atoms with van der Waals surface area (Å²) in [5, 5.41) is 8.60. The number of ether oxygens (including phenoxy) is 1. The van der Waals surface area contributed by atoms with Gasteiger partial charge in [0.15, 0.2) is 6.19 Å². The summed E-state index contributed by atoms with van der Waals surface area (Å²) in [5.41, 5.74) is 0. The molecular weight excluding hydrogens is 175 g/mol. The number of likely N-dealkylation sites (tertiary alicyclic amines) is 1. The molecule has 0 N–H and O–H groups in total. The standard InChI is InChI=1S/C8H11FN2O2/c1-13-8(12)3-7-2-6(9)4-11(7)5-10/h6-7H,2-4H2,1H3/t6-,7-/m0/s1. The molecule has 2 atom stereocenters. The van der Waals surface area contributed by atoms with Crippen molar-refractivity contribution >= 4 is 5.97 Å². The molecule has 1 heterocycles. The lowest BCUT2D eigenvalue weighted by Gasteiger charge is -2.15. The highest BCUT2D eigenvalue weighted by Gasteiger charge is 2.33. The number of rotatable bonds is 2. The molecule has 13 heavy (non-hydrogen) atoms. The molecule has 72 valence electrons. The fraction of sp³-hybridized carbons (Fsp3) is 0.750. The Bertz CT molecular complexity index is 239. The van der Waals surface area contributed by atoms with E-state index in [0.29, 0.717) is 0 Å². The van der Waals surface area contributed by atoms with Crippen LogP contribution < -0.4 is 0 Å². The van der Waals surface area contributed by atoms with Crippen LogP contribution in [-0.2, 0) is 9.53 Å². The van der Waals surface area contributed by atoms with Crippen LogP contribution in [0.4, 0.5) is 4.39 Å². The van der Waals surface area contributed by atoms with Crippen molar-refractivity contribution in [3.8, 4) is 6.19 Å². The summed E-state index contributed by atoms with van der Waals surface area (Å²) in [7, 11) is 1.28. The van der Waals surface area contributed by atoms with Gasteiger partial charge in [-0.05, 0) is 0 Å². The molecule has 0 unspecified atom stereocenters. The van der Waals surface area contributed by atoms with E-state index in [0.717, 1.165) is 0 Å². The van der Waals surface area contributed by atoms with Crippen molar-refractivity contribution in [1.82, 2.24) is 4.90 Å². The topological polar surface area (TPSA) is 53.3 Å². The molecule has 0 spiro atoms. The molecule has 0 radical (unpaired) electrons. The average molecular weight is 186 g/mol. The van der Waals surface area contributed by atoms with E-state index in [9.17, 15) is 9.18 Å². The number of methoxy groups -OCH3 is 1. The summed E-state index contributed by atoms with van der Waals surface area (Å²) >= 11 is 0. The Labute approximate surface area is 75.9 Å². The highest BCUT2D eigenvalue weighted by atomic mass is 19.1. The Morgan fingerprint density at radius 3 is 3.08 bits per heavy atom.